The summed E-state index contributed by atoms with van der Waals surface area (Å²) in [5.74, 6) is -1.37. The van der Waals surface area contributed by atoms with Crippen LogP contribution in [0.4, 0.5) is 10.5 Å². The van der Waals surface area contributed by atoms with Crippen molar-refractivity contribution in [3.63, 3.8) is 0 Å². The van der Waals surface area contributed by atoms with Gasteiger partial charge < -0.3 is 20.5 Å². The molecule has 0 radical (unpaired) electrons. The first-order valence-corrected chi connectivity index (χ1v) is 10.8. The predicted molar refractivity (Wildman–Crippen MR) is 130 cm³/mol. The van der Waals surface area contributed by atoms with Crippen LogP contribution in [-0.4, -0.2) is 46.2 Å². The summed E-state index contributed by atoms with van der Waals surface area (Å²) in [6.07, 6.45) is 4.79. The number of anilines is 1. The number of amides is 3. The first kappa shape index (κ1) is 26.4. The number of nitrogens with zero attached hydrogens (tertiary/aromatic N) is 1. The molecule has 0 bridgehead atoms. The van der Waals surface area contributed by atoms with Gasteiger partial charge in [-0.3, -0.25) is 14.5 Å². The van der Waals surface area contributed by atoms with Crippen LogP contribution < -0.4 is 10.6 Å². The monoisotopic (exact) mass is 465 g/mol. The molecule has 3 amide bonds. The zero-order valence-electron chi connectivity index (χ0n) is 20.1. The third kappa shape index (κ3) is 7.09. The normalized spacial score (nSPS) is 12.6. The maximum Gasteiger partial charge on any atom is 0.408 e. The van der Waals surface area contributed by atoms with Crippen molar-refractivity contribution in [1.82, 2.24) is 10.2 Å². The van der Waals surface area contributed by atoms with Crippen LogP contribution >= 0.6 is 0 Å². The molecule has 0 saturated carbocycles. The molecule has 0 heterocycles. The van der Waals surface area contributed by atoms with Gasteiger partial charge in [0.05, 0.1) is 6.61 Å². The number of carbonyl (C=O) groups excluding carboxylic acids is 3. The third-order valence-corrected chi connectivity index (χ3v) is 4.82. The molecule has 180 valence electrons. The third-order valence-electron chi connectivity index (χ3n) is 4.82. The molecule has 34 heavy (non-hydrogen) atoms. The summed E-state index contributed by atoms with van der Waals surface area (Å²) in [4.78, 5) is 39.8. The quantitative estimate of drug-likeness (QED) is 0.430. The van der Waals surface area contributed by atoms with E-state index in [-0.39, 0.29) is 0 Å². The number of hydrogen-bond acceptors (Lipinski definition) is 5. The molecule has 0 aliphatic heterocycles. The molecule has 0 aliphatic rings. The number of para-hydroxylation sites is 1. The molecule has 0 saturated heterocycles. The van der Waals surface area contributed by atoms with Gasteiger partial charge in [0.2, 0.25) is 0 Å². The van der Waals surface area contributed by atoms with Gasteiger partial charge in [-0.1, -0.05) is 54.5 Å². The van der Waals surface area contributed by atoms with Gasteiger partial charge in [0.1, 0.15) is 17.7 Å². The van der Waals surface area contributed by atoms with E-state index in [2.05, 4.69) is 16.7 Å². The van der Waals surface area contributed by atoms with E-state index in [0.717, 1.165) is 16.0 Å². The smallest absolute Gasteiger partial charge is 0.408 e. The lowest BCUT2D eigenvalue weighted by molar-refractivity contribution is -0.137. The van der Waals surface area contributed by atoms with Crippen LogP contribution in [0.25, 0.3) is 0 Å². The first-order chi connectivity index (χ1) is 16.0. The number of ether oxygens (including phenoxy) is 1. The van der Waals surface area contributed by atoms with Crippen molar-refractivity contribution >= 4 is 23.6 Å². The second-order valence-electron chi connectivity index (χ2n) is 8.84. The fourth-order valence-electron chi connectivity index (χ4n) is 3.24. The largest absolute Gasteiger partial charge is 0.444 e. The first-order valence-electron chi connectivity index (χ1n) is 10.8. The van der Waals surface area contributed by atoms with Crippen LogP contribution in [0.5, 0.6) is 0 Å². The molecule has 2 rings (SSSR count). The Bertz CT molecular complexity index is 1080. The molecule has 0 aromatic heterocycles. The molecule has 0 spiro atoms. The summed E-state index contributed by atoms with van der Waals surface area (Å²) in [7, 11) is 0. The molecule has 2 unspecified atom stereocenters. The molecular weight excluding hydrogens is 434 g/mol. The SMILES string of the molecule is C#CN(C(=O)C(CO)NC(=O)OC(C)(C)C)C(C(=O)Nc1ccccc1C)c1cccc(C)c1. The Morgan fingerprint density at radius 1 is 1.12 bits per heavy atom. The van der Waals surface area contributed by atoms with Crippen LogP contribution in [0.2, 0.25) is 0 Å². The van der Waals surface area contributed by atoms with Crippen molar-refractivity contribution in [2.24, 2.45) is 0 Å². The lowest BCUT2D eigenvalue weighted by atomic mass is 10.0. The van der Waals surface area contributed by atoms with Crippen LogP contribution in [0, 0.1) is 26.3 Å². The molecule has 3 N–H and O–H groups in total. The number of hydrogen-bond donors (Lipinski definition) is 3. The topological polar surface area (TPSA) is 108 Å². The maximum atomic E-state index is 13.4. The van der Waals surface area contributed by atoms with Crippen molar-refractivity contribution in [2.75, 3.05) is 11.9 Å². The van der Waals surface area contributed by atoms with Crippen LogP contribution in [-0.2, 0) is 14.3 Å². The lowest BCUT2D eigenvalue weighted by Gasteiger charge is -2.30. The van der Waals surface area contributed by atoms with Crippen molar-refractivity contribution < 1.29 is 24.2 Å². The fourth-order valence-corrected chi connectivity index (χ4v) is 3.24. The molecule has 0 fully saturated rings. The van der Waals surface area contributed by atoms with Crippen LogP contribution in [0.15, 0.2) is 48.5 Å². The van der Waals surface area contributed by atoms with E-state index in [0.29, 0.717) is 11.3 Å². The second kappa shape index (κ2) is 11.3. The minimum Gasteiger partial charge on any atom is -0.444 e. The fraction of sp³-hybridized carbons (Fsp3) is 0.346. The summed E-state index contributed by atoms with van der Waals surface area (Å²) in [5, 5.41) is 15.0. The molecular formula is C26H31N3O5. The minimum absolute atomic E-state index is 0.478. The van der Waals surface area contributed by atoms with Gasteiger partial charge in [-0.05, 0) is 51.8 Å². The number of aliphatic hydroxyl groups is 1. The Kier molecular flexibility index (Phi) is 8.82. The Labute approximate surface area is 200 Å². The van der Waals surface area contributed by atoms with E-state index in [1.54, 1.807) is 51.1 Å². The highest BCUT2D eigenvalue weighted by atomic mass is 16.6. The number of benzene rings is 2. The van der Waals surface area contributed by atoms with Gasteiger partial charge in [0.15, 0.2) is 0 Å². The molecule has 2 atom stereocenters. The number of terminal acetylenes is 1. The van der Waals surface area contributed by atoms with E-state index in [1.807, 2.05) is 32.0 Å². The number of nitrogens with one attached hydrogen (secondary N) is 2. The van der Waals surface area contributed by atoms with Crippen LogP contribution in [0.1, 0.15) is 43.5 Å². The van der Waals surface area contributed by atoms with Crippen molar-refractivity contribution in [2.45, 2.75) is 52.3 Å². The van der Waals surface area contributed by atoms with E-state index in [4.69, 9.17) is 11.2 Å². The Hall–Kier alpha value is -3.83. The highest BCUT2D eigenvalue weighted by molar-refractivity contribution is 6.00. The van der Waals surface area contributed by atoms with E-state index < -0.39 is 42.2 Å². The van der Waals surface area contributed by atoms with E-state index in [1.165, 1.54) is 0 Å². The van der Waals surface area contributed by atoms with Crippen LogP contribution in [0.3, 0.4) is 0 Å². The average molecular weight is 466 g/mol. The summed E-state index contributed by atoms with van der Waals surface area (Å²) in [6.45, 7) is 7.95. The molecule has 0 aliphatic carbocycles. The zero-order valence-corrected chi connectivity index (χ0v) is 20.1. The number of aliphatic hydroxyl groups excluding tert-OH is 1. The van der Waals surface area contributed by atoms with E-state index >= 15 is 0 Å². The maximum absolute atomic E-state index is 13.4. The van der Waals surface area contributed by atoms with E-state index in [9.17, 15) is 19.5 Å². The van der Waals surface area contributed by atoms with Gasteiger partial charge in [-0.25, -0.2) is 4.79 Å². The number of alkyl carbamates (subject to hydrolysis) is 1. The average Bonchev–Trinajstić information content (AvgIpc) is 2.75. The van der Waals surface area contributed by atoms with Crippen molar-refractivity contribution in [3.05, 3.63) is 65.2 Å². The summed E-state index contributed by atoms with van der Waals surface area (Å²) >= 11 is 0. The predicted octanol–water partition coefficient (Wildman–Crippen LogP) is 3.29. The van der Waals surface area contributed by atoms with Gasteiger partial charge in [0, 0.05) is 11.7 Å². The standard InChI is InChI=1S/C26H31N3O5/c1-7-29(24(32)21(16-30)28-25(33)34-26(4,5)6)22(19-13-10-11-17(2)15-19)23(31)27-20-14-9-8-12-18(20)3/h1,8-15,21-22,30H,16H2,2-6H3,(H,27,31)(H,28,33). The second-order valence-corrected chi connectivity index (χ2v) is 8.84. The number of aryl methyl sites for hydroxylation is 2. The molecule has 8 heteroatoms. The Balaban J connectivity index is 2.41. The Morgan fingerprint density at radius 2 is 1.79 bits per heavy atom. The lowest BCUT2D eigenvalue weighted by Crippen LogP contribution is -2.52. The summed E-state index contributed by atoms with van der Waals surface area (Å²) in [5.41, 5.74) is 1.93. The van der Waals surface area contributed by atoms with Crippen molar-refractivity contribution in [3.8, 4) is 12.5 Å². The number of rotatable bonds is 7. The number of carbonyl (C=O) groups is 3. The van der Waals surface area contributed by atoms with Gasteiger partial charge >= 0.3 is 6.09 Å². The summed E-state index contributed by atoms with van der Waals surface area (Å²) < 4.78 is 5.17. The van der Waals surface area contributed by atoms with Crippen molar-refractivity contribution in [1.29, 1.82) is 0 Å². The van der Waals surface area contributed by atoms with Gasteiger partial charge in [-0.15, -0.1) is 0 Å². The Morgan fingerprint density at radius 3 is 2.35 bits per heavy atom. The highest BCUT2D eigenvalue weighted by Gasteiger charge is 2.36. The molecule has 2 aromatic rings. The minimum atomic E-state index is -1.41. The van der Waals surface area contributed by atoms with Gasteiger partial charge in [0.25, 0.3) is 11.8 Å². The van der Waals surface area contributed by atoms with Gasteiger partial charge in [-0.2, -0.15) is 0 Å². The highest BCUT2D eigenvalue weighted by Crippen LogP contribution is 2.25. The molecule has 8 nitrogen and oxygen atoms in total. The molecule has 2 aromatic carbocycles. The summed E-state index contributed by atoms with van der Waals surface area (Å²) in [6, 6.07) is 13.9. The zero-order chi connectivity index (χ0) is 25.5.